The fourth-order valence-corrected chi connectivity index (χ4v) is 3.66. The van der Waals surface area contributed by atoms with Crippen molar-refractivity contribution in [3.05, 3.63) is 87.9 Å². The third-order valence-corrected chi connectivity index (χ3v) is 5.83. The highest BCUT2D eigenvalue weighted by Crippen LogP contribution is 2.29. The van der Waals surface area contributed by atoms with E-state index in [4.69, 9.17) is 32.7 Å². The topological polar surface area (TPSA) is 59.9 Å². The van der Waals surface area contributed by atoms with Crippen molar-refractivity contribution in [2.45, 2.75) is 18.4 Å². The first-order valence-electron chi connectivity index (χ1n) is 9.88. The zero-order chi connectivity index (χ0) is 22.8. The van der Waals surface area contributed by atoms with E-state index in [-0.39, 0.29) is 11.7 Å². The lowest BCUT2D eigenvalue weighted by Gasteiger charge is -2.13. The number of nitrogens with one attached hydrogen (secondary N) is 1. The SMILES string of the molecule is CCOc1cc(/C=N\NC(=O)CSc2ccc(Cl)cc2)ccc1OCc1ccccc1Cl. The molecule has 3 aromatic carbocycles. The standard InChI is InChI=1S/C24H22Cl2N2O3S/c1-2-30-23-13-17(7-12-22(23)31-15-18-5-3-4-6-21(18)26)14-27-28-24(29)16-32-20-10-8-19(25)9-11-20/h3-14H,2,15-16H2,1H3,(H,28,29)/b27-14-. The monoisotopic (exact) mass is 488 g/mol. The maximum Gasteiger partial charge on any atom is 0.250 e. The summed E-state index contributed by atoms with van der Waals surface area (Å²) in [5, 5.41) is 5.35. The molecule has 0 unspecified atom stereocenters. The minimum absolute atomic E-state index is 0.203. The fourth-order valence-electron chi connectivity index (χ4n) is 2.65. The molecule has 0 aliphatic carbocycles. The van der Waals surface area contributed by atoms with Gasteiger partial charge < -0.3 is 9.47 Å². The third kappa shape index (κ3) is 7.48. The van der Waals surface area contributed by atoms with E-state index in [0.29, 0.717) is 34.8 Å². The first kappa shape index (κ1) is 24.0. The molecular formula is C24H22Cl2N2O3S. The molecule has 0 aromatic heterocycles. The molecule has 0 saturated carbocycles. The van der Waals surface area contributed by atoms with E-state index in [1.807, 2.05) is 55.5 Å². The molecule has 32 heavy (non-hydrogen) atoms. The largest absolute Gasteiger partial charge is 0.490 e. The molecule has 0 radical (unpaired) electrons. The maximum absolute atomic E-state index is 12.0. The van der Waals surface area contributed by atoms with Gasteiger partial charge in [0, 0.05) is 20.5 Å². The number of benzene rings is 3. The van der Waals surface area contributed by atoms with E-state index in [1.54, 1.807) is 24.4 Å². The van der Waals surface area contributed by atoms with E-state index in [0.717, 1.165) is 16.0 Å². The van der Waals surface area contributed by atoms with Gasteiger partial charge in [0.1, 0.15) is 6.61 Å². The smallest absolute Gasteiger partial charge is 0.250 e. The summed E-state index contributed by atoms with van der Waals surface area (Å²) in [7, 11) is 0. The van der Waals surface area contributed by atoms with Crippen LogP contribution in [0.15, 0.2) is 76.7 Å². The molecule has 166 valence electrons. The molecule has 0 heterocycles. The second-order valence-corrected chi connectivity index (χ2v) is 8.45. The number of nitrogens with zero attached hydrogens (tertiary/aromatic N) is 1. The lowest BCUT2D eigenvalue weighted by molar-refractivity contribution is -0.118. The number of carbonyl (C=O) groups excluding carboxylic acids is 1. The van der Waals surface area contributed by atoms with Gasteiger partial charge in [-0.3, -0.25) is 4.79 Å². The number of ether oxygens (including phenoxy) is 2. The molecule has 1 N–H and O–H groups in total. The Morgan fingerprint density at radius 2 is 1.81 bits per heavy atom. The highest BCUT2D eigenvalue weighted by Gasteiger charge is 2.08. The first-order chi connectivity index (χ1) is 15.5. The Kier molecular flexibility index (Phi) is 9.28. The van der Waals surface area contributed by atoms with Gasteiger partial charge in [-0.1, -0.05) is 41.4 Å². The van der Waals surface area contributed by atoms with Crippen LogP contribution >= 0.6 is 35.0 Å². The Morgan fingerprint density at radius 3 is 2.56 bits per heavy atom. The zero-order valence-electron chi connectivity index (χ0n) is 17.4. The van der Waals surface area contributed by atoms with E-state index >= 15 is 0 Å². The summed E-state index contributed by atoms with van der Waals surface area (Å²) in [5.41, 5.74) is 4.19. The average Bonchev–Trinajstić information content (AvgIpc) is 2.79. The van der Waals surface area contributed by atoms with E-state index in [9.17, 15) is 4.79 Å². The molecule has 0 aliphatic rings. The van der Waals surface area contributed by atoms with Crippen molar-refractivity contribution in [2.75, 3.05) is 12.4 Å². The van der Waals surface area contributed by atoms with Gasteiger partial charge in [0.05, 0.1) is 18.6 Å². The maximum atomic E-state index is 12.0. The Balaban J connectivity index is 1.55. The van der Waals surface area contributed by atoms with Crippen LogP contribution in [0.4, 0.5) is 0 Å². The van der Waals surface area contributed by atoms with E-state index in [1.165, 1.54) is 11.8 Å². The molecule has 8 heteroatoms. The number of halogens is 2. The van der Waals surface area contributed by atoms with Crippen LogP contribution < -0.4 is 14.9 Å². The molecule has 5 nitrogen and oxygen atoms in total. The molecule has 0 saturated heterocycles. The minimum Gasteiger partial charge on any atom is -0.490 e. The number of hydrogen-bond acceptors (Lipinski definition) is 5. The molecule has 0 aliphatic heterocycles. The number of hydrogen-bond donors (Lipinski definition) is 1. The predicted octanol–water partition coefficient (Wildman–Crippen LogP) is 6.21. The molecule has 3 aromatic rings. The number of thioether (sulfide) groups is 1. The number of hydrazone groups is 1. The van der Waals surface area contributed by atoms with Gasteiger partial charge in [0.2, 0.25) is 5.91 Å². The van der Waals surface area contributed by atoms with Gasteiger partial charge in [0.15, 0.2) is 11.5 Å². The van der Waals surface area contributed by atoms with Crippen molar-refractivity contribution in [3.63, 3.8) is 0 Å². The summed E-state index contributed by atoms with van der Waals surface area (Å²) < 4.78 is 11.6. The van der Waals surface area contributed by atoms with Crippen LogP contribution in [0.2, 0.25) is 10.0 Å². The molecular weight excluding hydrogens is 467 g/mol. The number of carbonyl (C=O) groups is 1. The van der Waals surface area contributed by atoms with Crippen LogP contribution in [-0.2, 0) is 11.4 Å². The Bertz CT molecular complexity index is 1080. The quantitative estimate of drug-likeness (QED) is 0.209. The molecule has 0 spiro atoms. The van der Waals surface area contributed by atoms with Gasteiger partial charge in [-0.15, -0.1) is 11.8 Å². The Hall–Kier alpha value is -2.67. The van der Waals surface area contributed by atoms with Crippen LogP contribution in [0.5, 0.6) is 11.5 Å². The minimum atomic E-state index is -0.203. The van der Waals surface area contributed by atoms with Gasteiger partial charge in [0.25, 0.3) is 0 Å². The van der Waals surface area contributed by atoms with Crippen LogP contribution in [-0.4, -0.2) is 24.5 Å². The number of amides is 1. The molecule has 1 amide bonds. The normalized spacial score (nSPS) is 10.8. The van der Waals surface area contributed by atoms with E-state index < -0.39 is 0 Å². The molecule has 0 fully saturated rings. The molecule has 3 rings (SSSR count). The Labute approximate surface area is 201 Å². The third-order valence-electron chi connectivity index (χ3n) is 4.20. The van der Waals surface area contributed by atoms with Crippen molar-refractivity contribution >= 4 is 47.1 Å². The second kappa shape index (κ2) is 12.4. The van der Waals surface area contributed by atoms with Crippen LogP contribution in [0.3, 0.4) is 0 Å². The van der Waals surface area contributed by atoms with Crippen molar-refractivity contribution in [3.8, 4) is 11.5 Å². The average molecular weight is 489 g/mol. The molecule has 0 bridgehead atoms. The zero-order valence-corrected chi connectivity index (χ0v) is 19.7. The predicted molar refractivity (Wildman–Crippen MR) is 131 cm³/mol. The number of rotatable bonds is 10. The van der Waals surface area contributed by atoms with E-state index in [2.05, 4.69) is 10.5 Å². The lowest BCUT2D eigenvalue weighted by Crippen LogP contribution is -2.19. The molecule has 0 atom stereocenters. The summed E-state index contributed by atoms with van der Waals surface area (Å²) in [6.07, 6.45) is 1.56. The van der Waals surface area contributed by atoms with Gasteiger partial charge in [-0.25, -0.2) is 5.43 Å². The second-order valence-electron chi connectivity index (χ2n) is 6.56. The fraction of sp³-hybridized carbons (Fsp3) is 0.167. The van der Waals surface area contributed by atoms with Gasteiger partial charge >= 0.3 is 0 Å². The highest BCUT2D eigenvalue weighted by atomic mass is 35.5. The van der Waals surface area contributed by atoms with Gasteiger partial charge in [-0.2, -0.15) is 5.10 Å². The van der Waals surface area contributed by atoms with Crippen molar-refractivity contribution < 1.29 is 14.3 Å². The summed E-state index contributed by atoms with van der Waals surface area (Å²) in [6.45, 7) is 2.72. The van der Waals surface area contributed by atoms with Gasteiger partial charge in [-0.05, 0) is 61.0 Å². The highest BCUT2D eigenvalue weighted by molar-refractivity contribution is 8.00. The Morgan fingerprint density at radius 1 is 1.03 bits per heavy atom. The van der Waals surface area contributed by atoms with Crippen LogP contribution in [0.25, 0.3) is 0 Å². The summed E-state index contributed by atoms with van der Waals surface area (Å²) >= 11 is 13.5. The van der Waals surface area contributed by atoms with Crippen molar-refractivity contribution in [2.24, 2.45) is 5.10 Å². The first-order valence-corrected chi connectivity index (χ1v) is 11.6. The van der Waals surface area contributed by atoms with Crippen molar-refractivity contribution in [1.29, 1.82) is 0 Å². The van der Waals surface area contributed by atoms with Crippen LogP contribution in [0.1, 0.15) is 18.1 Å². The summed E-state index contributed by atoms with van der Waals surface area (Å²) in [6, 6.07) is 20.3. The summed E-state index contributed by atoms with van der Waals surface area (Å²) in [5.74, 6) is 1.24. The summed E-state index contributed by atoms with van der Waals surface area (Å²) in [4.78, 5) is 13.0. The van der Waals surface area contributed by atoms with Crippen molar-refractivity contribution in [1.82, 2.24) is 5.43 Å². The van der Waals surface area contributed by atoms with Crippen LogP contribution in [0, 0.1) is 0 Å². The lowest BCUT2D eigenvalue weighted by atomic mass is 10.2.